The minimum absolute atomic E-state index is 0.0473. The molecule has 96 valence electrons. The van der Waals surface area contributed by atoms with Gasteiger partial charge in [0.1, 0.15) is 5.01 Å². The molecule has 2 aromatic rings. The second kappa shape index (κ2) is 5.12. The van der Waals surface area contributed by atoms with Crippen LogP contribution in [0.3, 0.4) is 0 Å². The SMILES string of the molecule is CC(C)(C)NCc1csc(-c2ccncc2F)n1. The van der Waals surface area contributed by atoms with E-state index in [9.17, 15) is 4.39 Å². The summed E-state index contributed by atoms with van der Waals surface area (Å²) < 4.78 is 13.5. The van der Waals surface area contributed by atoms with Gasteiger partial charge in [0.25, 0.3) is 0 Å². The zero-order chi connectivity index (χ0) is 13.2. The van der Waals surface area contributed by atoms with Crippen LogP contribution in [0.2, 0.25) is 0 Å². The van der Waals surface area contributed by atoms with Crippen LogP contribution in [0.4, 0.5) is 4.39 Å². The van der Waals surface area contributed by atoms with E-state index in [1.54, 1.807) is 12.3 Å². The third kappa shape index (κ3) is 3.34. The van der Waals surface area contributed by atoms with Crippen molar-refractivity contribution in [1.82, 2.24) is 15.3 Å². The molecule has 2 aromatic heterocycles. The van der Waals surface area contributed by atoms with E-state index in [4.69, 9.17) is 0 Å². The quantitative estimate of drug-likeness (QED) is 0.926. The predicted molar refractivity (Wildman–Crippen MR) is 71.9 cm³/mol. The number of nitrogens with zero attached hydrogens (tertiary/aromatic N) is 2. The Morgan fingerprint density at radius 2 is 2.17 bits per heavy atom. The van der Waals surface area contributed by atoms with Crippen LogP contribution in [0.15, 0.2) is 23.8 Å². The zero-order valence-corrected chi connectivity index (χ0v) is 11.5. The van der Waals surface area contributed by atoms with E-state index in [-0.39, 0.29) is 11.4 Å². The van der Waals surface area contributed by atoms with Gasteiger partial charge in [-0.15, -0.1) is 11.3 Å². The summed E-state index contributed by atoms with van der Waals surface area (Å²) in [6.07, 6.45) is 2.79. The highest BCUT2D eigenvalue weighted by Gasteiger charge is 2.12. The number of hydrogen-bond donors (Lipinski definition) is 1. The highest BCUT2D eigenvalue weighted by molar-refractivity contribution is 7.13. The molecule has 0 bridgehead atoms. The zero-order valence-electron chi connectivity index (χ0n) is 10.7. The molecule has 18 heavy (non-hydrogen) atoms. The Kier molecular flexibility index (Phi) is 3.73. The summed E-state index contributed by atoms with van der Waals surface area (Å²) in [7, 11) is 0. The van der Waals surface area contributed by atoms with Gasteiger partial charge in [-0.25, -0.2) is 9.37 Å². The summed E-state index contributed by atoms with van der Waals surface area (Å²) in [5.41, 5.74) is 1.49. The molecule has 3 nitrogen and oxygen atoms in total. The lowest BCUT2D eigenvalue weighted by Crippen LogP contribution is -2.35. The van der Waals surface area contributed by atoms with Crippen molar-refractivity contribution in [2.24, 2.45) is 0 Å². The second-order valence-corrected chi connectivity index (χ2v) is 5.96. The molecular formula is C13H16FN3S. The summed E-state index contributed by atoms with van der Waals surface area (Å²) >= 11 is 1.45. The lowest BCUT2D eigenvalue weighted by Gasteiger charge is -2.19. The average molecular weight is 265 g/mol. The Morgan fingerprint density at radius 3 is 2.83 bits per heavy atom. The molecule has 0 unspecified atom stereocenters. The molecule has 0 amide bonds. The fourth-order valence-corrected chi connectivity index (χ4v) is 2.26. The van der Waals surface area contributed by atoms with Gasteiger partial charge < -0.3 is 5.32 Å². The van der Waals surface area contributed by atoms with E-state index in [0.717, 1.165) is 5.69 Å². The summed E-state index contributed by atoms with van der Waals surface area (Å²) in [4.78, 5) is 8.17. The molecule has 0 aliphatic rings. The summed E-state index contributed by atoms with van der Waals surface area (Å²) in [6, 6.07) is 1.65. The molecule has 5 heteroatoms. The molecule has 0 atom stereocenters. The Labute approximate surface area is 110 Å². The largest absolute Gasteiger partial charge is 0.306 e. The standard InChI is InChI=1S/C13H16FN3S/c1-13(2,3)16-6-9-8-18-12(17-9)10-4-5-15-7-11(10)14/h4-5,7-8,16H,6H2,1-3H3. The van der Waals surface area contributed by atoms with Crippen molar-refractivity contribution >= 4 is 11.3 Å². The van der Waals surface area contributed by atoms with Gasteiger partial charge in [0, 0.05) is 29.2 Å². The highest BCUT2D eigenvalue weighted by Crippen LogP contribution is 2.25. The fraction of sp³-hybridized carbons (Fsp3) is 0.385. The van der Waals surface area contributed by atoms with Gasteiger partial charge in [-0.05, 0) is 26.8 Å². The first-order chi connectivity index (χ1) is 8.46. The van der Waals surface area contributed by atoms with Gasteiger partial charge in [-0.1, -0.05) is 0 Å². The van der Waals surface area contributed by atoms with Crippen molar-refractivity contribution in [2.45, 2.75) is 32.9 Å². The van der Waals surface area contributed by atoms with E-state index in [1.807, 2.05) is 5.38 Å². The molecular weight excluding hydrogens is 249 g/mol. The smallest absolute Gasteiger partial charge is 0.151 e. The van der Waals surface area contributed by atoms with E-state index in [1.165, 1.54) is 17.5 Å². The molecule has 1 N–H and O–H groups in total. The van der Waals surface area contributed by atoms with Crippen LogP contribution in [0.5, 0.6) is 0 Å². The van der Waals surface area contributed by atoms with Crippen molar-refractivity contribution in [2.75, 3.05) is 0 Å². The maximum atomic E-state index is 13.5. The number of hydrogen-bond acceptors (Lipinski definition) is 4. The lowest BCUT2D eigenvalue weighted by atomic mass is 10.1. The number of aromatic nitrogens is 2. The number of halogens is 1. The molecule has 0 spiro atoms. The average Bonchev–Trinajstić information content (AvgIpc) is 2.75. The lowest BCUT2D eigenvalue weighted by molar-refractivity contribution is 0.422. The van der Waals surface area contributed by atoms with Crippen molar-refractivity contribution in [3.05, 3.63) is 35.4 Å². The van der Waals surface area contributed by atoms with Crippen LogP contribution in [0, 0.1) is 5.82 Å². The third-order valence-corrected chi connectivity index (χ3v) is 3.28. The normalized spacial score (nSPS) is 11.8. The number of nitrogens with one attached hydrogen (secondary N) is 1. The fourth-order valence-electron chi connectivity index (χ4n) is 1.42. The molecule has 0 saturated carbocycles. The summed E-state index contributed by atoms with van der Waals surface area (Å²) in [6.45, 7) is 6.99. The molecule has 0 fully saturated rings. The number of rotatable bonds is 3. The Balaban J connectivity index is 2.14. The van der Waals surface area contributed by atoms with Crippen LogP contribution in [0.1, 0.15) is 26.5 Å². The molecule has 2 rings (SSSR count). The topological polar surface area (TPSA) is 37.8 Å². The molecule has 0 radical (unpaired) electrons. The van der Waals surface area contributed by atoms with Crippen molar-refractivity contribution in [3.8, 4) is 10.6 Å². The van der Waals surface area contributed by atoms with Crippen molar-refractivity contribution in [1.29, 1.82) is 0 Å². The Hall–Kier alpha value is -1.33. The monoisotopic (exact) mass is 265 g/mol. The molecule has 0 aliphatic carbocycles. The first kappa shape index (κ1) is 13.1. The summed E-state index contributed by atoms with van der Waals surface area (Å²) in [5.74, 6) is -0.331. The van der Waals surface area contributed by atoms with Crippen LogP contribution in [-0.2, 0) is 6.54 Å². The molecule has 0 aromatic carbocycles. The minimum atomic E-state index is -0.331. The van der Waals surface area contributed by atoms with Gasteiger partial charge in [-0.2, -0.15) is 0 Å². The van der Waals surface area contributed by atoms with Crippen LogP contribution >= 0.6 is 11.3 Å². The predicted octanol–water partition coefficient (Wildman–Crippen LogP) is 3.23. The van der Waals surface area contributed by atoms with E-state index in [2.05, 4.69) is 36.1 Å². The summed E-state index contributed by atoms with van der Waals surface area (Å²) in [5, 5.41) is 6.00. The maximum Gasteiger partial charge on any atom is 0.151 e. The van der Waals surface area contributed by atoms with Crippen LogP contribution in [-0.4, -0.2) is 15.5 Å². The van der Waals surface area contributed by atoms with Gasteiger partial charge in [0.2, 0.25) is 0 Å². The van der Waals surface area contributed by atoms with Crippen LogP contribution < -0.4 is 5.32 Å². The van der Waals surface area contributed by atoms with E-state index >= 15 is 0 Å². The van der Waals surface area contributed by atoms with Gasteiger partial charge in [-0.3, -0.25) is 4.98 Å². The Bertz CT molecular complexity index is 531. The molecule has 0 aliphatic heterocycles. The first-order valence-electron chi connectivity index (χ1n) is 5.75. The van der Waals surface area contributed by atoms with Gasteiger partial charge in [0.15, 0.2) is 5.82 Å². The first-order valence-corrected chi connectivity index (χ1v) is 6.63. The van der Waals surface area contributed by atoms with Gasteiger partial charge >= 0.3 is 0 Å². The van der Waals surface area contributed by atoms with Crippen LogP contribution in [0.25, 0.3) is 10.6 Å². The third-order valence-electron chi connectivity index (χ3n) is 2.35. The van der Waals surface area contributed by atoms with Crippen molar-refractivity contribution in [3.63, 3.8) is 0 Å². The number of pyridine rings is 1. The van der Waals surface area contributed by atoms with E-state index < -0.39 is 0 Å². The minimum Gasteiger partial charge on any atom is -0.306 e. The second-order valence-electron chi connectivity index (χ2n) is 5.10. The van der Waals surface area contributed by atoms with Crippen molar-refractivity contribution < 1.29 is 4.39 Å². The van der Waals surface area contributed by atoms with E-state index in [0.29, 0.717) is 17.1 Å². The maximum absolute atomic E-state index is 13.5. The molecule has 0 saturated heterocycles. The van der Waals surface area contributed by atoms with Gasteiger partial charge in [0.05, 0.1) is 11.9 Å². The number of thiazole rings is 1. The molecule has 2 heterocycles. The Morgan fingerprint density at radius 1 is 1.39 bits per heavy atom. The highest BCUT2D eigenvalue weighted by atomic mass is 32.1.